The van der Waals surface area contributed by atoms with E-state index >= 15 is 0 Å². The number of aliphatic hydroxyl groups excluding tert-OH is 1. The number of aliphatic hydroxyl groups is 1. The minimum atomic E-state index is -0.432. The SMILES string of the molecule is CCCCCC=CCC=CCC=CCCCCCC1(CCCCCC=CCC=CCC(C)CCCCCCC)OCC(CCO)O1. The normalized spacial score (nSPS) is 19.8. The lowest BCUT2D eigenvalue weighted by molar-refractivity contribution is -0.180. The zero-order valence-corrected chi connectivity index (χ0v) is 30.8. The van der Waals surface area contributed by atoms with Crippen molar-refractivity contribution in [3.05, 3.63) is 60.8 Å². The molecule has 0 aromatic heterocycles. The Bertz CT molecular complexity index is 794. The molecular formula is C43H76O3. The van der Waals surface area contributed by atoms with Crippen LogP contribution in [0.25, 0.3) is 0 Å². The number of hydrogen-bond donors (Lipinski definition) is 1. The van der Waals surface area contributed by atoms with Crippen molar-refractivity contribution in [2.75, 3.05) is 13.2 Å². The predicted octanol–water partition coefficient (Wildman–Crippen LogP) is 13.3. The van der Waals surface area contributed by atoms with E-state index in [9.17, 15) is 5.11 Å². The van der Waals surface area contributed by atoms with Crippen LogP contribution < -0.4 is 0 Å². The van der Waals surface area contributed by atoms with Gasteiger partial charge in [0, 0.05) is 19.4 Å². The Kier molecular flexibility index (Phi) is 29.8. The van der Waals surface area contributed by atoms with E-state index in [1.807, 2.05) is 0 Å². The monoisotopic (exact) mass is 641 g/mol. The zero-order valence-electron chi connectivity index (χ0n) is 30.8. The Morgan fingerprint density at radius 2 is 1.09 bits per heavy atom. The summed E-state index contributed by atoms with van der Waals surface area (Å²) in [5, 5.41) is 9.41. The third-order valence-corrected chi connectivity index (χ3v) is 9.18. The smallest absolute Gasteiger partial charge is 0.168 e. The molecule has 3 nitrogen and oxygen atoms in total. The predicted molar refractivity (Wildman–Crippen MR) is 202 cm³/mol. The van der Waals surface area contributed by atoms with Gasteiger partial charge in [-0.1, -0.05) is 146 Å². The van der Waals surface area contributed by atoms with Gasteiger partial charge in [-0.15, -0.1) is 0 Å². The fourth-order valence-electron chi connectivity index (χ4n) is 6.18. The van der Waals surface area contributed by atoms with E-state index in [2.05, 4.69) is 81.5 Å². The Morgan fingerprint density at radius 1 is 0.609 bits per heavy atom. The highest BCUT2D eigenvalue weighted by Gasteiger charge is 2.40. The lowest BCUT2D eigenvalue weighted by atomic mass is 9.99. The summed E-state index contributed by atoms with van der Waals surface area (Å²) >= 11 is 0. The molecule has 1 aliphatic rings. The van der Waals surface area contributed by atoms with Gasteiger partial charge in [0.25, 0.3) is 0 Å². The molecule has 1 heterocycles. The summed E-state index contributed by atoms with van der Waals surface area (Å²) in [4.78, 5) is 0. The van der Waals surface area contributed by atoms with E-state index < -0.39 is 5.79 Å². The van der Waals surface area contributed by atoms with Gasteiger partial charge in [-0.2, -0.15) is 0 Å². The highest BCUT2D eigenvalue weighted by Crippen LogP contribution is 2.35. The van der Waals surface area contributed by atoms with Crippen molar-refractivity contribution in [3.63, 3.8) is 0 Å². The molecule has 0 saturated carbocycles. The Morgan fingerprint density at radius 3 is 1.65 bits per heavy atom. The molecule has 0 amide bonds. The number of rotatable bonds is 32. The Balaban J connectivity index is 2.16. The van der Waals surface area contributed by atoms with Crippen LogP contribution in [-0.2, 0) is 9.47 Å². The summed E-state index contributed by atoms with van der Waals surface area (Å²) in [7, 11) is 0. The lowest BCUT2D eigenvalue weighted by Crippen LogP contribution is -2.31. The summed E-state index contributed by atoms with van der Waals surface area (Å²) in [6.07, 6.45) is 53.2. The van der Waals surface area contributed by atoms with Crippen molar-refractivity contribution in [1.82, 2.24) is 0 Å². The average Bonchev–Trinajstić information content (AvgIpc) is 3.46. The van der Waals surface area contributed by atoms with Crippen molar-refractivity contribution < 1.29 is 14.6 Å². The first-order valence-electron chi connectivity index (χ1n) is 19.8. The molecule has 1 aliphatic heterocycles. The molecule has 266 valence electrons. The highest BCUT2D eigenvalue weighted by molar-refractivity contribution is 4.97. The minimum absolute atomic E-state index is 0.0438. The van der Waals surface area contributed by atoms with E-state index in [0.29, 0.717) is 13.0 Å². The van der Waals surface area contributed by atoms with E-state index in [1.165, 1.54) is 96.3 Å². The van der Waals surface area contributed by atoms with Crippen LogP contribution in [0.4, 0.5) is 0 Å². The molecule has 1 saturated heterocycles. The fraction of sp³-hybridized carbons (Fsp3) is 0.767. The van der Waals surface area contributed by atoms with E-state index in [1.54, 1.807) is 0 Å². The maximum absolute atomic E-state index is 9.41. The van der Waals surface area contributed by atoms with Gasteiger partial charge in [0.15, 0.2) is 5.79 Å². The highest BCUT2D eigenvalue weighted by atomic mass is 16.7. The van der Waals surface area contributed by atoms with Crippen LogP contribution in [0.15, 0.2) is 60.8 Å². The quantitative estimate of drug-likeness (QED) is 0.0587. The van der Waals surface area contributed by atoms with Crippen LogP contribution in [-0.4, -0.2) is 30.2 Å². The Labute approximate surface area is 287 Å². The van der Waals surface area contributed by atoms with Gasteiger partial charge >= 0.3 is 0 Å². The molecule has 0 aliphatic carbocycles. The molecule has 3 atom stereocenters. The number of ether oxygens (including phenoxy) is 2. The van der Waals surface area contributed by atoms with Crippen molar-refractivity contribution in [2.45, 2.75) is 193 Å². The van der Waals surface area contributed by atoms with Gasteiger partial charge in [-0.05, 0) is 89.4 Å². The molecule has 3 heteroatoms. The molecule has 3 unspecified atom stereocenters. The van der Waals surface area contributed by atoms with Crippen LogP contribution in [0, 0.1) is 5.92 Å². The summed E-state index contributed by atoms with van der Waals surface area (Å²) in [5.74, 6) is 0.382. The second-order valence-corrected chi connectivity index (χ2v) is 13.8. The van der Waals surface area contributed by atoms with Gasteiger partial charge < -0.3 is 14.6 Å². The van der Waals surface area contributed by atoms with Crippen LogP contribution in [0.5, 0.6) is 0 Å². The van der Waals surface area contributed by atoms with Crippen molar-refractivity contribution in [1.29, 1.82) is 0 Å². The van der Waals surface area contributed by atoms with Gasteiger partial charge in [0.05, 0.1) is 12.7 Å². The van der Waals surface area contributed by atoms with Crippen LogP contribution >= 0.6 is 0 Å². The summed E-state index contributed by atoms with van der Waals surface area (Å²) in [6.45, 7) is 7.73. The largest absolute Gasteiger partial charge is 0.396 e. The minimum Gasteiger partial charge on any atom is -0.396 e. The third-order valence-electron chi connectivity index (χ3n) is 9.18. The van der Waals surface area contributed by atoms with E-state index in [-0.39, 0.29) is 12.7 Å². The number of unbranched alkanes of at least 4 members (excludes halogenated alkanes) is 13. The summed E-state index contributed by atoms with van der Waals surface area (Å²) < 4.78 is 12.7. The molecular weight excluding hydrogens is 564 g/mol. The molecule has 0 aromatic rings. The first-order valence-corrected chi connectivity index (χ1v) is 19.8. The summed E-state index contributed by atoms with van der Waals surface area (Å²) in [5.41, 5.74) is 0. The van der Waals surface area contributed by atoms with Crippen LogP contribution in [0.1, 0.15) is 181 Å². The van der Waals surface area contributed by atoms with Crippen LogP contribution in [0.2, 0.25) is 0 Å². The van der Waals surface area contributed by atoms with Gasteiger partial charge in [-0.25, -0.2) is 0 Å². The van der Waals surface area contributed by atoms with Gasteiger partial charge in [0.2, 0.25) is 0 Å². The molecule has 46 heavy (non-hydrogen) atoms. The lowest BCUT2D eigenvalue weighted by Gasteiger charge is -2.28. The number of hydrogen-bond acceptors (Lipinski definition) is 3. The van der Waals surface area contributed by atoms with Crippen molar-refractivity contribution in [2.24, 2.45) is 5.92 Å². The first kappa shape index (κ1) is 42.6. The molecule has 1 fully saturated rings. The number of allylic oxidation sites excluding steroid dienone is 10. The second kappa shape index (κ2) is 32.1. The maximum atomic E-state index is 9.41. The zero-order chi connectivity index (χ0) is 33.2. The van der Waals surface area contributed by atoms with Crippen molar-refractivity contribution in [3.8, 4) is 0 Å². The van der Waals surface area contributed by atoms with E-state index in [4.69, 9.17) is 9.47 Å². The average molecular weight is 641 g/mol. The first-order chi connectivity index (χ1) is 22.7. The topological polar surface area (TPSA) is 38.7 Å². The van der Waals surface area contributed by atoms with Gasteiger partial charge in [-0.3, -0.25) is 0 Å². The molecule has 1 rings (SSSR count). The molecule has 0 bridgehead atoms. The standard InChI is InChI=1S/C43H76O3/c1-4-6-8-10-11-12-13-14-15-16-17-18-21-24-28-32-37-43(45-40-42(46-43)36-39-44)38-33-29-25-22-19-20-23-27-31-35-41(3)34-30-26-9-7-5-2/h11-12,14-15,17-20,27,31,41-42,44H,4-10,13,16,21-26,28-30,32-40H2,1-3H3. The molecule has 0 aromatic carbocycles. The third kappa shape index (κ3) is 25.6. The fourth-order valence-corrected chi connectivity index (χ4v) is 6.18. The summed E-state index contributed by atoms with van der Waals surface area (Å²) in [6, 6.07) is 0. The molecule has 0 radical (unpaired) electrons. The maximum Gasteiger partial charge on any atom is 0.168 e. The Hall–Kier alpha value is -1.42. The van der Waals surface area contributed by atoms with Crippen molar-refractivity contribution >= 4 is 0 Å². The van der Waals surface area contributed by atoms with Gasteiger partial charge in [0.1, 0.15) is 0 Å². The van der Waals surface area contributed by atoms with E-state index in [0.717, 1.165) is 63.7 Å². The molecule has 1 N–H and O–H groups in total. The second-order valence-electron chi connectivity index (χ2n) is 13.8. The van der Waals surface area contributed by atoms with Crippen LogP contribution in [0.3, 0.4) is 0 Å². The molecule has 0 spiro atoms.